The predicted molar refractivity (Wildman–Crippen MR) is 178 cm³/mol. The summed E-state index contributed by atoms with van der Waals surface area (Å²) < 4.78 is 248. The Morgan fingerprint density at radius 1 is 0.561 bits per heavy atom. The lowest BCUT2D eigenvalue weighted by Crippen LogP contribution is -2.61. The van der Waals surface area contributed by atoms with Crippen LogP contribution in [0.4, 0.5) is 34.1 Å². The van der Waals surface area contributed by atoms with E-state index < -0.39 is 136 Å². The number of fused-ring (bicyclic) bond motifs is 4. The van der Waals surface area contributed by atoms with Gasteiger partial charge in [0.1, 0.15) is 0 Å². The minimum atomic E-state index is -4.06. The van der Waals surface area contributed by atoms with Crippen LogP contribution in [-0.2, 0) is 5.41 Å². The van der Waals surface area contributed by atoms with Crippen LogP contribution < -0.4 is 26.2 Å². The standard InChI is InChI=1S/C38H37BN2/c1-24-8-14-29(15-9-24)40-33-18-10-25(2)20-31(33)39-32-21-26(3)11-19-34(32)41(36-23-27(4)22-35(40)37(36)39)30-16-12-28(13-17-30)38(5,6)7/h8-23H,1-7H3/i1D3,2D3,3D3,4D3,5D3,6D3,7D3,8D,9D,12D,13D,14D,15D,16D,17D. The molecule has 0 fully saturated rings. The Morgan fingerprint density at radius 3 is 1.56 bits per heavy atom. The van der Waals surface area contributed by atoms with Crippen LogP contribution in [0.1, 0.15) is 88.1 Å². The normalized spacial score (nSPS) is 26.0. The molecule has 202 valence electrons. The number of anilines is 6. The van der Waals surface area contributed by atoms with Crippen molar-refractivity contribution in [3.05, 3.63) is 125 Å². The second kappa shape index (κ2) is 9.14. The lowest BCUT2D eigenvalue weighted by Gasteiger charge is -2.44. The fraction of sp³-hybridized carbons (Fsp3) is 0.211. The molecule has 0 N–H and O–H groups in total. The molecule has 41 heavy (non-hydrogen) atoms. The third-order valence-corrected chi connectivity index (χ3v) is 7.11. The predicted octanol–water partition coefficient (Wildman–Crippen LogP) is 8.30. The molecule has 5 aromatic rings. The molecule has 0 aliphatic carbocycles. The molecule has 2 nitrogen and oxygen atoms in total. The van der Waals surface area contributed by atoms with Crippen molar-refractivity contribution in [3.63, 3.8) is 0 Å². The number of aryl methyl sites for hydroxylation is 3. The van der Waals surface area contributed by atoms with Gasteiger partial charge < -0.3 is 9.80 Å². The molecule has 0 atom stereocenters. The second-order valence-corrected chi connectivity index (χ2v) is 9.78. The van der Waals surface area contributed by atoms with Crippen LogP contribution in [0.5, 0.6) is 0 Å². The number of nitrogens with zero attached hydrogens (tertiary/aromatic N) is 2. The summed E-state index contributed by atoms with van der Waals surface area (Å²) in [7, 11) is 0. The lowest BCUT2D eigenvalue weighted by atomic mass is 9.33. The first-order valence-corrected chi connectivity index (χ1v) is 12.3. The first-order chi connectivity index (χ1) is 31.5. The highest BCUT2D eigenvalue weighted by molar-refractivity contribution is 7.00. The van der Waals surface area contributed by atoms with Crippen molar-refractivity contribution < 1.29 is 39.8 Å². The third kappa shape index (κ3) is 4.10. The van der Waals surface area contributed by atoms with E-state index in [9.17, 15) is 8.22 Å². The van der Waals surface area contributed by atoms with Crippen LogP contribution in [-0.4, -0.2) is 6.71 Å². The largest absolute Gasteiger partial charge is 0.311 e. The maximum Gasteiger partial charge on any atom is 0.252 e. The van der Waals surface area contributed by atoms with E-state index >= 15 is 0 Å². The average molecular weight is 562 g/mol. The molecule has 7 rings (SSSR count). The van der Waals surface area contributed by atoms with Crippen molar-refractivity contribution in [1.82, 2.24) is 0 Å². The van der Waals surface area contributed by atoms with E-state index in [2.05, 4.69) is 0 Å². The number of hydrogen-bond acceptors (Lipinski definition) is 2. The Hall–Kier alpha value is -4.24. The van der Waals surface area contributed by atoms with Crippen LogP contribution >= 0.6 is 0 Å². The molecular weight excluding hydrogens is 495 g/mol. The van der Waals surface area contributed by atoms with Gasteiger partial charge in [0.15, 0.2) is 0 Å². The zero-order valence-corrected chi connectivity index (χ0v) is 21.1. The van der Waals surface area contributed by atoms with Crippen LogP contribution in [0.3, 0.4) is 0 Å². The SMILES string of the molecule is [2H]c1c([2H])c(C([2H])([2H])[2H])c([2H])c([2H])c1N1c2ccc(C([2H])([2H])[2H])cc2B2c3cc(C([2H])([2H])[2H])ccc3N(c3c([2H])c([2H])c(C(C([2H])([2H])[2H])(C([2H])([2H])[2H])C([2H])([2H])[2H])c([2H])c3[2H])c3cc(C([2H])([2H])[2H])cc1c32. The monoisotopic (exact) mass is 561 g/mol. The van der Waals surface area contributed by atoms with Gasteiger partial charge in [-0.3, -0.25) is 0 Å². The minimum Gasteiger partial charge on any atom is -0.311 e. The van der Waals surface area contributed by atoms with E-state index in [0.717, 1.165) is 46.2 Å². The highest BCUT2D eigenvalue weighted by Gasteiger charge is 2.43. The van der Waals surface area contributed by atoms with E-state index in [1.807, 2.05) is 0 Å². The Balaban J connectivity index is 1.75. The molecule has 0 radical (unpaired) electrons. The number of rotatable bonds is 2. The first-order valence-electron chi connectivity index (χ1n) is 26.8. The van der Waals surface area contributed by atoms with Crippen molar-refractivity contribution >= 4 is 57.2 Å². The molecule has 0 amide bonds. The van der Waals surface area contributed by atoms with Gasteiger partial charge in [-0.05, 0) is 109 Å². The zero-order chi connectivity index (χ0) is 53.1. The van der Waals surface area contributed by atoms with Gasteiger partial charge in [0, 0.05) is 62.9 Å². The van der Waals surface area contributed by atoms with Crippen LogP contribution in [0.15, 0.2) is 96.9 Å². The molecular formula is C38H37BN2. The molecule has 0 saturated heterocycles. The topological polar surface area (TPSA) is 6.48 Å². The van der Waals surface area contributed by atoms with Gasteiger partial charge in [0.25, 0.3) is 6.71 Å². The maximum absolute atomic E-state index is 9.43. The number of benzene rings is 5. The van der Waals surface area contributed by atoms with Gasteiger partial charge >= 0.3 is 0 Å². The van der Waals surface area contributed by atoms with Gasteiger partial charge in [0.2, 0.25) is 0 Å². The van der Waals surface area contributed by atoms with Gasteiger partial charge in [-0.1, -0.05) is 85.7 Å². The molecule has 0 unspecified atom stereocenters. The summed E-state index contributed by atoms with van der Waals surface area (Å²) in [5.74, 6) is 0. The average Bonchev–Trinajstić information content (AvgIpc) is 3.18. The Morgan fingerprint density at radius 2 is 1.07 bits per heavy atom. The van der Waals surface area contributed by atoms with Crippen molar-refractivity contribution in [2.75, 3.05) is 9.80 Å². The summed E-state index contributed by atoms with van der Waals surface area (Å²) in [5, 5.41) is 0. The second-order valence-electron chi connectivity index (χ2n) is 9.78. The summed E-state index contributed by atoms with van der Waals surface area (Å²) >= 11 is 0. The van der Waals surface area contributed by atoms with E-state index in [-0.39, 0.29) is 50.3 Å². The lowest BCUT2D eigenvalue weighted by molar-refractivity contribution is 0.590. The van der Waals surface area contributed by atoms with Crippen LogP contribution in [0, 0.1) is 27.4 Å². The van der Waals surface area contributed by atoms with E-state index in [4.69, 9.17) is 31.5 Å². The summed E-state index contributed by atoms with van der Waals surface area (Å²) in [6, 6.07) is -0.363. The molecule has 3 heteroatoms. The van der Waals surface area contributed by atoms with Crippen molar-refractivity contribution in [1.29, 1.82) is 0 Å². The third-order valence-electron chi connectivity index (χ3n) is 7.11. The molecule has 2 aliphatic heterocycles. The van der Waals surface area contributed by atoms with E-state index in [1.165, 1.54) is 12.1 Å². The van der Waals surface area contributed by atoms with Crippen molar-refractivity contribution in [3.8, 4) is 0 Å². The van der Waals surface area contributed by atoms with Crippen molar-refractivity contribution in [2.24, 2.45) is 0 Å². The summed E-state index contributed by atoms with van der Waals surface area (Å²) in [5.41, 5.74) is -10.7. The fourth-order valence-electron chi connectivity index (χ4n) is 5.51. The molecule has 0 saturated carbocycles. The van der Waals surface area contributed by atoms with Crippen LogP contribution in [0.2, 0.25) is 0 Å². The van der Waals surface area contributed by atoms with Crippen molar-refractivity contribution in [2.45, 2.75) is 53.4 Å². The number of hydrogen-bond donors (Lipinski definition) is 0. The van der Waals surface area contributed by atoms with Gasteiger partial charge in [-0.2, -0.15) is 0 Å². The Labute approximate surface area is 286 Å². The highest BCUT2D eigenvalue weighted by Crippen LogP contribution is 2.44. The summed E-state index contributed by atoms with van der Waals surface area (Å²) in [4.78, 5) is 1.96. The van der Waals surface area contributed by atoms with Gasteiger partial charge in [-0.15, -0.1) is 0 Å². The van der Waals surface area contributed by atoms with E-state index in [1.54, 1.807) is 0 Å². The molecule has 0 bridgehead atoms. The van der Waals surface area contributed by atoms with Gasteiger partial charge in [-0.25, -0.2) is 0 Å². The first kappa shape index (κ1) is 9.13. The zero-order valence-electron chi connectivity index (χ0n) is 50.1. The smallest absolute Gasteiger partial charge is 0.252 e. The molecule has 2 aliphatic rings. The van der Waals surface area contributed by atoms with Crippen LogP contribution in [0.25, 0.3) is 0 Å². The quantitative estimate of drug-likeness (QED) is 0.196. The molecule has 5 aromatic carbocycles. The minimum absolute atomic E-state index is 0.0444. The fourth-order valence-corrected chi connectivity index (χ4v) is 5.51. The summed E-state index contributed by atoms with van der Waals surface area (Å²) in [6.07, 6.45) is 0. The Kier molecular flexibility index (Phi) is 2.04. The maximum atomic E-state index is 9.43. The van der Waals surface area contributed by atoms with Gasteiger partial charge in [0.05, 0.1) is 11.0 Å². The summed E-state index contributed by atoms with van der Waals surface area (Å²) in [6.45, 7) is -25.6. The highest BCUT2D eigenvalue weighted by atomic mass is 15.2. The molecule has 2 heterocycles. The Bertz CT molecular complexity index is 2910. The molecule has 0 aromatic heterocycles. The molecule has 0 spiro atoms. The van der Waals surface area contributed by atoms with E-state index in [0.29, 0.717) is 0 Å².